The Kier molecular flexibility index (Phi) is 5.67. The highest BCUT2D eigenvalue weighted by atomic mass is 19.4. The van der Waals surface area contributed by atoms with Crippen LogP contribution in [0.4, 0.5) is 13.2 Å². The number of aliphatic hydroxyl groups excluding tert-OH is 1. The van der Waals surface area contributed by atoms with Gasteiger partial charge in [-0.1, -0.05) is 12.1 Å². The van der Waals surface area contributed by atoms with Crippen LogP contribution in [0, 0.1) is 11.3 Å². The van der Waals surface area contributed by atoms with E-state index in [0.717, 1.165) is 38.4 Å². The second-order valence-corrected chi connectivity index (χ2v) is 7.55. The monoisotopic (exact) mass is 386 g/mol. The average Bonchev–Trinajstić information content (AvgIpc) is 3.32. The number of rotatable bonds is 6. The number of halogens is 3. The first-order valence-corrected chi connectivity index (χ1v) is 9.16. The number of nitrogens with zero attached hydrogens (tertiary/aromatic N) is 1. The molecule has 8 heteroatoms. The van der Waals surface area contributed by atoms with E-state index >= 15 is 0 Å². The Morgan fingerprint density at radius 2 is 2.04 bits per heavy atom. The lowest BCUT2D eigenvalue weighted by Crippen LogP contribution is -2.39. The van der Waals surface area contributed by atoms with Gasteiger partial charge in [-0.15, -0.1) is 0 Å². The van der Waals surface area contributed by atoms with Crippen molar-refractivity contribution in [1.29, 1.82) is 0 Å². The summed E-state index contributed by atoms with van der Waals surface area (Å²) in [7, 11) is 1.61. The number of likely N-dealkylation sites (N-methyl/N-ethyl adjacent to an activating group) is 1. The third-order valence-electron chi connectivity index (χ3n) is 5.57. The van der Waals surface area contributed by atoms with Gasteiger partial charge in [-0.2, -0.15) is 13.2 Å². The summed E-state index contributed by atoms with van der Waals surface area (Å²) in [6, 6.07) is 4.88. The number of hydrogen-bond acceptors (Lipinski definition) is 4. The van der Waals surface area contributed by atoms with Gasteiger partial charge in [-0.3, -0.25) is 4.79 Å². The van der Waals surface area contributed by atoms with Gasteiger partial charge >= 0.3 is 6.18 Å². The molecule has 1 saturated heterocycles. The van der Waals surface area contributed by atoms with Crippen molar-refractivity contribution in [3.63, 3.8) is 0 Å². The predicted molar refractivity (Wildman–Crippen MR) is 93.2 cm³/mol. The van der Waals surface area contributed by atoms with Crippen molar-refractivity contribution >= 4 is 5.91 Å². The molecule has 1 spiro atoms. The Balaban J connectivity index is 1.50. The molecule has 2 atom stereocenters. The SMILES string of the molecule is CN(C[C@H](O)COc1ccccc1C(F)(F)F)C(=O)[C@H]1CC12CCNCC2. The quantitative estimate of drug-likeness (QED) is 0.788. The van der Waals surface area contributed by atoms with Crippen molar-refractivity contribution in [3.8, 4) is 5.75 Å². The van der Waals surface area contributed by atoms with Crippen LogP contribution in [0.15, 0.2) is 24.3 Å². The zero-order chi connectivity index (χ0) is 19.7. The maximum atomic E-state index is 13.0. The van der Waals surface area contributed by atoms with E-state index in [1.54, 1.807) is 7.05 Å². The zero-order valence-corrected chi connectivity index (χ0v) is 15.3. The number of piperidine rings is 1. The van der Waals surface area contributed by atoms with Crippen LogP contribution in [0.3, 0.4) is 0 Å². The van der Waals surface area contributed by atoms with Gasteiger partial charge in [-0.25, -0.2) is 0 Å². The lowest BCUT2D eigenvalue weighted by atomic mass is 9.91. The smallest absolute Gasteiger partial charge is 0.419 e. The first kappa shape index (κ1) is 19.9. The molecule has 1 aliphatic heterocycles. The molecule has 1 heterocycles. The van der Waals surface area contributed by atoms with Gasteiger partial charge in [0.05, 0.1) is 5.56 Å². The third kappa shape index (κ3) is 4.55. The van der Waals surface area contributed by atoms with E-state index in [2.05, 4.69) is 5.32 Å². The van der Waals surface area contributed by atoms with Crippen LogP contribution < -0.4 is 10.1 Å². The summed E-state index contributed by atoms with van der Waals surface area (Å²) in [6.45, 7) is 1.55. The van der Waals surface area contributed by atoms with E-state index in [9.17, 15) is 23.1 Å². The average molecular weight is 386 g/mol. The molecular formula is C19H25F3N2O3. The molecular weight excluding hydrogens is 361 g/mol. The highest BCUT2D eigenvalue weighted by Crippen LogP contribution is 2.59. The molecule has 1 aromatic carbocycles. The molecule has 0 aromatic heterocycles. The lowest BCUT2D eigenvalue weighted by molar-refractivity contribution is -0.139. The minimum atomic E-state index is -4.52. The number of amides is 1. The number of carbonyl (C=O) groups excluding carboxylic acids is 1. The second-order valence-electron chi connectivity index (χ2n) is 7.55. The standard InChI is InChI=1S/C19H25F3N2O3/c1-24(17(26)15-10-18(15)6-8-23-9-7-18)11-13(25)12-27-16-5-3-2-4-14(16)19(20,21)22/h2-5,13,15,23,25H,6-12H2,1H3/t13-,15+/m0/s1. The topological polar surface area (TPSA) is 61.8 Å². The second kappa shape index (κ2) is 7.67. The number of nitrogens with one attached hydrogen (secondary N) is 1. The van der Waals surface area contributed by atoms with Gasteiger partial charge in [0.15, 0.2) is 0 Å². The van der Waals surface area contributed by atoms with E-state index in [-0.39, 0.29) is 36.1 Å². The normalized spacial score (nSPS) is 22.3. The van der Waals surface area contributed by atoms with Gasteiger partial charge in [-0.05, 0) is 49.9 Å². The molecule has 150 valence electrons. The number of aliphatic hydroxyl groups is 1. The summed E-state index contributed by atoms with van der Waals surface area (Å²) < 4.78 is 44.1. The molecule has 0 unspecified atom stereocenters. The Hall–Kier alpha value is -1.80. The lowest BCUT2D eigenvalue weighted by Gasteiger charge is -2.26. The van der Waals surface area contributed by atoms with Crippen LogP contribution in [0.25, 0.3) is 0 Å². The number of hydrogen-bond donors (Lipinski definition) is 2. The van der Waals surface area contributed by atoms with Crippen molar-refractivity contribution in [3.05, 3.63) is 29.8 Å². The molecule has 5 nitrogen and oxygen atoms in total. The zero-order valence-electron chi connectivity index (χ0n) is 15.3. The minimum absolute atomic E-state index is 0.00774. The highest BCUT2D eigenvalue weighted by molar-refractivity contribution is 5.82. The Labute approximate surface area is 156 Å². The molecule has 27 heavy (non-hydrogen) atoms. The maximum Gasteiger partial charge on any atom is 0.419 e. The van der Waals surface area contributed by atoms with Crippen LogP contribution >= 0.6 is 0 Å². The predicted octanol–water partition coefficient (Wildman–Crippen LogP) is 2.29. The van der Waals surface area contributed by atoms with E-state index in [1.807, 2.05) is 0 Å². The summed E-state index contributed by atoms with van der Waals surface area (Å²) in [5.74, 6) is -0.343. The maximum absolute atomic E-state index is 13.0. The fraction of sp³-hybridized carbons (Fsp3) is 0.632. The van der Waals surface area contributed by atoms with Crippen molar-refractivity contribution < 1.29 is 27.8 Å². The van der Waals surface area contributed by atoms with Gasteiger partial charge in [0.1, 0.15) is 18.5 Å². The van der Waals surface area contributed by atoms with Crippen LogP contribution in [-0.4, -0.2) is 55.3 Å². The number of benzene rings is 1. The molecule has 2 aliphatic rings. The molecule has 0 bridgehead atoms. The molecule has 1 aliphatic carbocycles. The minimum Gasteiger partial charge on any atom is -0.490 e. The Morgan fingerprint density at radius 3 is 2.70 bits per heavy atom. The molecule has 1 saturated carbocycles. The van der Waals surface area contributed by atoms with Gasteiger partial charge in [0.25, 0.3) is 0 Å². The molecule has 2 fully saturated rings. The number of carbonyl (C=O) groups is 1. The van der Waals surface area contributed by atoms with E-state index in [0.29, 0.717) is 0 Å². The Morgan fingerprint density at radius 1 is 1.37 bits per heavy atom. The summed E-state index contributed by atoms with van der Waals surface area (Å²) in [5.41, 5.74) is -0.781. The van der Waals surface area contributed by atoms with Gasteiger partial charge in [0.2, 0.25) is 5.91 Å². The fourth-order valence-electron chi connectivity index (χ4n) is 3.91. The van der Waals surface area contributed by atoms with Crippen molar-refractivity contribution in [2.24, 2.45) is 11.3 Å². The first-order valence-electron chi connectivity index (χ1n) is 9.16. The van der Waals surface area contributed by atoms with Crippen molar-refractivity contribution in [2.45, 2.75) is 31.5 Å². The first-order chi connectivity index (χ1) is 12.7. The number of alkyl halides is 3. The molecule has 2 N–H and O–H groups in total. The van der Waals surface area contributed by atoms with E-state index in [4.69, 9.17) is 4.74 Å². The van der Waals surface area contributed by atoms with Crippen LogP contribution in [0.1, 0.15) is 24.8 Å². The number of ether oxygens (including phenoxy) is 1. The van der Waals surface area contributed by atoms with Crippen LogP contribution in [0.2, 0.25) is 0 Å². The summed E-state index contributed by atoms with van der Waals surface area (Å²) in [4.78, 5) is 14.0. The molecule has 3 rings (SSSR count). The van der Waals surface area contributed by atoms with Crippen LogP contribution in [-0.2, 0) is 11.0 Å². The van der Waals surface area contributed by atoms with Crippen LogP contribution in [0.5, 0.6) is 5.75 Å². The van der Waals surface area contributed by atoms with Crippen molar-refractivity contribution in [1.82, 2.24) is 10.2 Å². The van der Waals surface area contributed by atoms with E-state index < -0.39 is 17.8 Å². The Bertz CT molecular complexity index is 674. The summed E-state index contributed by atoms with van der Waals surface area (Å²) >= 11 is 0. The fourth-order valence-corrected chi connectivity index (χ4v) is 3.91. The van der Waals surface area contributed by atoms with Gasteiger partial charge < -0.3 is 20.1 Å². The highest BCUT2D eigenvalue weighted by Gasteiger charge is 2.58. The van der Waals surface area contributed by atoms with Crippen molar-refractivity contribution in [2.75, 3.05) is 33.3 Å². The summed E-state index contributed by atoms with van der Waals surface area (Å²) in [5, 5.41) is 13.4. The molecule has 1 amide bonds. The number of para-hydroxylation sites is 1. The van der Waals surface area contributed by atoms with Gasteiger partial charge in [0, 0.05) is 19.5 Å². The largest absolute Gasteiger partial charge is 0.490 e. The molecule has 1 aromatic rings. The van der Waals surface area contributed by atoms with E-state index in [1.165, 1.54) is 23.1 Å². The third-order valence-corrected chi connectivity index (χ3v) is 5.57. The summed E-state index contributed by atoms with van der Waals surface area (Å²) in [6.07, 6.45) is -2.75. The molecule has 0 radical (unpaired) electrons.